The number of hydrogen-bond donors (Lipinski definition) is 1. The van der Waals surface area contributed by atoms with Gasteiger partial charge in [0.1, 0.15) is 11.5 Å². The summed E-state index contributed by atoms with van der Waals surface area (Å²) in [6.45, 7) is 2.22. The van der Waals surface area contributed by atoms with E-state index in [2.05, 4.69) is 6.92 Å². The van der Waals surface area contributed by atoms with Crippen molar-refractivity contribution in [2.24, 2.45) is 0 Å². The SMILES string of the molecule is CCCCCCCCCc1cccc(Oc2ccc(S(=O)(=O)O)c([O-])c2)c1.[Na+]. The Balaban J connectivity index is 0.00000392. The first kappa shape index (κ1) is 25.0. The molecule has 0 aliphatic rings. The Labute approximate surface area is 190 Å². The summed E-state index contributed by atoms with van der Waals surface area (Å²) in [7, 11) is -4.52. The molecule has 5 nitrogen and oxygen atoms in total. The van der Waals surface area contributed by atoms with E-state index in [-0.39, 0.29) is 35.3 Å². The van der Waals surface area contributed by atoms with Gasteiger partial charge in [0.25, 0.3) is 10.1 Å². The summed E-state index contributed by atoms with van der Waals surface area (Å²) in [4.78, 5) is -0.650. The van der Waals surface area contributed by atoms with Crippen molar-refractivity contribution in [3.63, 3.8) is 0 Å². The fourth-order valence-corrected chi connectivity index (χ4v) is 3.50. The van der Waals surface area contributed by atoms with Crippen LogP contribution in [0.25, 0.3) is 0 Å². The van der Waals surface area contributed by atoms with E-state index in [0.717, 1.165) is 30.5 Å². The fourth-order valence-electron chi connectivity index (χ4n) is 2.95. The second-order valence-corrected chi connectivity index (χ2v) is 8.09. The molecule has 0 saturated heterocycles. The maximum Gasteiger partial charge on any atom is 1.00 e. The molecule has 0 unspecified atom stereocenters. The first-order chi connectivity index (χ1) is 12.9. The zero-order valence-electron chi connectivity index (χ0n) is 16.7. The molecular formula is C21H27NaO5S. The molecule has 0 aliphatic carbocycles. The van der Waals surface area contributed by atoms with E-state index in [1.165, 1.54) is 44.6 Å². The smallest absolute Gasteiger partial charge is 0.871 e. The average molecular weight is 414 g/mol. The number of unbranched alkanes of at least 4 members (excludes halogenated alkanes) is 6. The maximum atomic E-state index is 11.8. The third kappa shape index (κ3) is 8.53. The van der Waals surface area contributed by atoms with Crippen molar-refractivity contribution >= 4 is 10.1 Å². The van der Waals surface area contributed by atoms with Gasteiger partial charge in [-0.3, -0.25) is 4.55 Å². The van der Waals surface area contributed by atoms with Crippen LogP contribution in [0.1, 0.15) is 57.4 Å². The van der Waals surface area contributed by atoms with Crippen molar-refractivity contribution in [1.82, 2.24) is 0 Å². The largest absolute Gasteiger partial charge is 1.00 e. The van der Waals surface area contributed by atoms with Gasteiger partial charge in [-0.2, -0.15) is 8.42 Å². The predicted molar refractivity (Wildman–Crippen MR) is 104 cm³/mol. The Morgan fingerprint density at radius 1 is 0.929 bits per heavy atom. The number of hydrogen-bond acceptors (Lipinski definition) is 4. The van der Waals surface area contributed by atoms with Crippen molar-refractivity contribution in [2.75, 3.05) is 0 Å². The Bertz CT molecular complexity index is 836. The second kappa shape index (κ2) is 12.5. The molecule has 2 aromatic rings. The second-order valence-electron chi connectivity index (χ2n) is 6.70. The molecular weight excluding hydrogens is 387 g/mol. The van der Waals surface area contributed by atoms with Crippen LogP contribution in [0.5, 0.6) is 17.2 Å². The molecule has 1 N–H and O–H groups in total. The molecule has 0 bridgehead atoms. The third-order valence-electron chi connectivity index (χ3n) is 4.40. The zero-order chi connectivity index (χ0) is 19.7. The average Bonchev–Trinajstić information content (AvgIpc) is 2.60. The normalized spacial score (nSPS) is 11.1. The summed E-state index contributed by atoms with van der Waals surface area (Å²) < 4.78 is 36.8. The van der Waals surface area contributed by atoms with Crippen molar-refractivity contribution < 1.29 is 52.4 Å². The molecule has 0 spiro atoms. The summed E-state index contributed by atoms with van der Waals surface area (Å²) in [5, 5.41) is 11.8. The van der Waals surface area contributed by atoms with Gasteiger partial charge in [-0.05, 0) is 48.7 Å². The van der Waals surface area contributed by atoms with E-state index in [1.807, 2.05) is 18.2 Å². The molecule has 0 fully saturated rings. The van der Waals surface area contributed by atoms with Crippen LogP contribution in [0.2, 0.25) is 0 Å². The number of rotatable bonds is 11. The first-order valence-electron chi connectivity index (χ1n) is 9.45. The molecule has 0 atom stereocenters. The van der Waals surface area contributed by atoms with Crippen molar-refractivity contribution in [2.45, 2.75) is 63.2 Å². The number of benzene rings is 2. The van der Waals surface area contributed by atoms with E-state index in [1.54, 1.807) is 6.07 Å². The molecule has 0 heterocycles. The molecule has 7 heteroatoms. The van der Waals surface area contributed by atoms with E-state index in [4.69, 9.17) is 9.29 Å². The van der Waals surface area contributed by atoms with Crippen molar-refractivity contribution in [3.8, 4) is 17.2 Å². The molecule has 148 valence electrons. The van der Waals surface area contributed by atoms with Crippen LogP contribution in [0.15, 0.2) is 47.4 Å². The Morgan fingerprint density at radius 3 is 2.21 bits per heavy atom. The minimum absolute atomic E-state index is 0. The summed E-state index contributed by atoms with van der Waals surface area (Å²) in [5.74, 6) is 0.0316. The summed E-state index contributed by atoms with van der Waals surface area (Å²) >= 11 is 0. The number of aryl methyl sites for hydroxylation is 1. The van der Waals surface area contributed by atoms with Gasteiger partial charge >= 0.3 is 29.6 Å². The molecule has 0 aromatic heterocycles. The Kier molecular flexibility index (Phi) is 11.2. The van der Waals surface area contributed by atoms with Gasteiger partial charge < -0.3 is 9.84 Å². The van der Waals surface area contributed by atoms with Gasteiger partial charge in [-0.15, -0.1) is 0 Å². The van der Waals surface area contributed by atoms with E-state index < -0.39 is 20.8 Å². The van der Waals surface area contributed by atoms with Crippen LogP contribution in [0.4, 0.5) is 0 Å². The summed E-state index contributed by atoms with van der Waals surface area (Å²) in [6, 6.07) is 11.1. The molecule has 0 radical (unpaired) electrons. The molecule has 28 heavy (non-hydrogen) atoms. The van der Waals surface area contributed by atoms with Gasteiger partial charge in [0, 0.05) is 0 Å². The van der Waals surface area contributed by atoms with Gasteiger partial charge in [0.2, 0.25) is 0 Å². The fraction of sp³-hybridized carbons (Fsp3) is 0.429. The third-order valence-corrected chi connectivity index (χ3v) is 5.29. The molecule has 2 rings (SSSR count). The minimum atomic E-state index is -4.52. The molecule has 0 saturated carbocycles. The topological polar surface area (TPSA) is 86.7 Å². The van der Waals surface area contributed by atoms with E-state index in [0.29, 0.717) is 5.75 Å². The van der Waals surface area contributed by atoms with Gasteiger partial charge in [-0.25, -0.2) is 0 Å². The first-order valence-corrected chi connectivity index (χ1v) is 10.9. The van der Waals surface area contributed by atoms with Crippen molar-refractivity contribution in [3.05, 3.63) is 48.0 Å². The van der Waals surface area contributed by atoms with Gasteiger partial charge in [0.05, 0.1) is 4.90 Å². The standard InChI is InChI=1S/C21H28O5S.Na/c1-2-3-4-5-6-7-8-10-17-11-9-12-18(15-17)26-19-13-14-21(20(22)16-19)27(23,24)25;/h9,11-16,22H,2-8,10H2,1H3,(H,23,24,25);/q;+1/p-1. The van der Waals surface area contributed by atoms with Crippen LogP contribution >= 0.6 is 0 Å². The summed E-state index contributed by atoms with van der Waals surface area (Å²) in [6.07, 6.45) is 9.78. The van der Waals surface area contributed by atoms with E-state index >= 15 is 0 Å². The maximum absolute atomic E-state index is 11.8. The summed E-state index contributed by atoms with van der Waals surface area (Å²) in [5.41, 5.74) is 1.16. The predicted octanol–water partition coefficient (Wildman–Crippen LogP) is 2.10. The van der Waals surface area contributed by atoms with Crippen molar-refractivity contribution in [1.29, 1.82) is 0 Å². The monoisotopic (exact) mass is 414 g/mol. The van der Waals surface area contributed by atoms with E-state index in [9.17, 15) is 13.5 Å². The minimum Gasteiger partial charge on any atom is -0.871 e. The van der Waals surface area contributed by atoms with Gasteiger partial charge in [0.15, 0.2) is 0 Å². The molecule has 0 amide bonds. The van der Waals surface area contributed by atoms with Crippen LogP contribution in [-0.4, -0.2) is 13.0 Å². The van der Waals surface area contributed by atoms with Crippen LogP contribution in [0.3, 0.4) is 0 Å². The quantitative estimate of drug-likeness (QED) is 0.346. The zero-order valence-corrected chi connectivity index (χ0v) is 19.5. The Hall–Kier alpha value is -1.05. The van der Waals surface area contributed by atoms with Gasteiger partial charge in [-0.1, -0.05) is 63.3 Å². The molecule has 0 aliphatic heterocycles. The van der Waals surface area contributed by atoms with Crippen LogP contribution in [-0.2, 0) is 16.5 Å². The van der Waals surface area contributed by atoms with Crippen LogP contribution in [0, 0.1) is 0 Å². The van der Waals surface area contributed by atoms with Crippen LogP contribution < -0.4 is 39.4 Å². The molecule has 2 aromatic carbocycles. The Morgan fingerprint density at radius 2 is 1.57 bits per heavy atom. The number of ether oxygens (including phenoxy) is 1.